The van der Waals surface area contributed by atoms with Gasteiger partial charge in [0.2, 0.25) is 5.89 Å². The number of carbonyl (C=O) groups excluding carboxylic acids is 1. The predicted molar refractivity (Wildman–Crippen MR) is 119 cm³/mol. The van der Waals surface area contributed by atoms with Gasteiger partial charge in [-0.1, -0.05) is 60.5 Å². The number of carbonyl (C=O) groups is 1. The van der Waals surface area contributed by atoms with Gasteiger partial charge in [-0.3, -0.25) is 15.1 Å². The van der Waals surface area contributed by atoms with E-state index in [1.807, 2.05) is 42.5 Å². The highest BCUT2D eigenvalue weighted by Gasteiger charge is 2.35. The Labute approximate surface area is 187 Å². The standard InChI is InChI=1S/C25H26N4O3/c1-31-27-21-15-22(23-26-24(32-28-23)19-9-5-6-10-19)29(16-21)25(30)20-13-11-18(12-14-20)17-7-3-2-4-8-17/h2-4,7-8,11-14,16,19,22,27H,5-6,9-10,15H2,1H3. The molecule has 3 aromatic rings. The summed E-state index contributed by atoms with van der Waals surface area (Å²) in [6.45, 7) is 0. The van der Waals surface area contributed by atoms with Crippen molar-refractivity contribution in [1.82, 2.24) is 20.5 Å². The third kappa shape index (κ3) is 4.03. The van der Waals surface area contributed by atoms with Gasteiger partial charge in [0.1, 0.15) is 6.04 Å². The fourth-order valence-electron chi connectivity index (χ4n) is 4.54. The monoisotopic (exact) mass is 430 g/mol. The average Bonchev–Trinajstić information content (AvgIpc) is 3.60. The van der Waals surface area contributed by atoms with Gasteiger partial charge in [-0.25, -0.2) is 0 Å². The fraction of sp³-hybridized carbons (Fsp3) is 0.320. The normalized spacial score (nSPS) is 18.7. The van der Waals surface area contributed by atoms with Gasteiger partial charge in [0.25, 0.3) is 5.91 Å². The first-order valence-electron chi connectivity index (χ1n) is 11.0. The molecule has 2 heterocycles. The molecule has 1 amide bonds. The lowest BCUT2D eigenvalue weighted by molar-refractivity contribution is 0.0777. The Kier molecular flexibility index (Phi) is 5.73. The highest BCUT2D eigenvalue weighted by Crippen LogP contribution is 2.37. The smallest absolute Gasteiger partial charge is 0.258 e. The van der Waals surface area contributed by atoms with Crippen molar-refractivity contribution < 1.29 is 14.2 Å². The van der Waals surface area contributed by atoms with Crippen LogP contribution in [0.2, 0.25) is 0 Å². The summed E-state index contributed by atoms with van der Waals surface area (Å²) in [5.74, 6) is 1.43. The highest BCUT2D eigenvalue weighted by molar-refractivity contribution is 5.96. The Morgan fingerprint density at radius 3 is 2.50 bits per heavy atom. The van der Waals surface area contributed by atoms with Crippen LogP contribution in [-0.4, -0.2) is 28.1 Å². The summed E-state index contributed by atoms with van der Waals surface area (Å²) < 4.78 is 5.58. The zero-order chi connectivity index (χ0) is 21.9. The van der Waals surface area contributed by atoms with Gasteiger partial charge in [0.05, 0.1) is 12.8 Å². The lowest BCUT2D eigenvalue weighted by Crippen LogP contribution is -2.28. The molecule has 5 rings (SSSR count). The number of amides is 1. The van der Waals surface area contributed by atoms with Crippen LogP contribution in [0.3, 0.4) is 0 Å². The van der Waals surface area contributed by atoms with E-state index in [2.05, 4.69) is 27.8 Å². The number of nitrogens with one attached hydrogen (secondary N) is 1. The minimum Gasteiger partial charge on any atom is -0.339 e. The molecule has 1 N–H and O–H groups in total. The summed E-state index contributed by atoms with van der Waals surface area (Å²) in [5, 5.41) is 4.24. The lowest BCUT2D eigenvalue weighted by atomic mass is 10.0. The van der Waals surface area contributed by atoms with E-state index >= 15 is 0 Å². The van der Waals surface area contributed by atoms with Crippen molar-refractivity contribution in [3.63, 3.8) is 0 Å². The van der Waals surface area contributed by atoms with Crippen LogP contribution in [0.1, 0.15) is 66.1 Å². The molecule has 1 unspecified atom stereocenters. The first kappa shape index (κ1) is 20.5. The van der Waals surface area contributed by atoms with Gasteiger partial charge in [-0.2, -0.15) is 4.98 Å². The fourth-order valence-corrected chi connectivity index (χ4v) is 4.54. The maximum atomic E-state index is 13.4. The van der Waals surface area contributed by atoms with Crippen molar-refractivity contribution in [3.8, 4) is 11.1 Å². The van der Waals surface area contributed by atoms with E-state index in [0.717, 1.165) is 29.7 Å². The van der Waals surface area contributed by atoms with Crippen molar-refractivity contribution in [3.05, 3.63) is 83.8 Å². The molecule has 2 aliphatic rings. The van der Waals surface area contributed by atoms with E-state index in [1.54, 1.807) is 18.2 Å². The minimum atomic E-state index is -0.340. The van der Waals surface area contributed by atoms with E-state index in [4.69, 9.17) is 9.36 Å². The lowest BCUT2D eigenvalue weighted by Gasteiger charge is -2.21. The molecule has 1 aliphatic carbocycles. The Bertz CT molecular complexity index is 1100. The van der Waals surface area contributed by atoms with Crippen LogP contribution in [0.4, 0.5) is 0 Å². The maximum absolute atomic E-state index is 13.4. The molecule has 7 nitrogen and oxygen atoms in total. The topological polar surface area (TPSA) is 80.5 Å². The number of benzene rings is 2. The van der Waals surface area contributed by atoms with Crippen LogP contribution < -0.4 is 5.48 Å². The van der Waals surface area contributed by atoms with Gasteiger partial charge < -0.3 is 9.42 Å². The molecule has 1 saturated carbocycles. The summed E-state index contributed by atoms with van der Waals surface area (Å²) in [4.78, 5) is 24.8. The molecule has 7 heteroatoms. The van der Waals surface area contributed by atoms with Crippen LogP contribution in [-0.2, 0) is 4.84 Å². The molecule has 1 aliphatic heterocycles. The summed E-state index contributed by atoms with van der Waals surface area (Å²) in [6.07, 6.45) is 6.85. The van der Waals surface area contributed by atoms with Crippen molar-refractivity contribution in [1.29, 1.82) is 0 Å². The summed E-state index contributed by atoms with van der Waals surface area (Å²) in [6, 6.07) is 17.4. The number of hydrogen-bond donors (Lipinski definition) is 1. The molecule has 2 aromatic carbocycles. The highest BCUT2D eigenvalue weighted by atomic mass is 16.6. The molecular weight excluding hydrogens is 404 g/mol. The van der Waals surface area contributed by atoms with E-state index in [-0.39, 0.29) is 11.9 Å². The number of hydrogen-bond acceptors (Lipinski definition) is 6. The van der Waals surface area contributed by atoms with E-state index in [9.17, 15) is 4.79 Å². The van der Waals surface area contributed by atoms with Crippen LogP contribution in [0.15, 0.2) is 71.0 Å². The van der Waals surface area contributed by atoms with Crippen molar-refractivity contribution in [2.45, 2.75) is 44.1 Å². The molecule has 0 radical (unpaired) electrons. The first-order valence-corrected chi connectivity index (χ1v) is 11.0. The molecular formula is C25H26N4O3. The molecule has 1 fully saturated rings. The number of rotatable bonds is 6. The Balaban J connectivity index is 1.39. The predicted octanol–water partition coefficient (Wildman–Crippen LogP) is 4.97. The van der Waals surface area contributed by atoms with Gasteiger partial charge in [-0.05, 0) is 36.1 Å². The van der Waals surface area contributed by atoms with Gasteiger partial charge in [0.15, 0.2) is 5.82 Å². The summed E-state index contributed by atoms with van der Waals surface area (Å²) in [5.41, 5.74) is 6.43. The third-order valence-corrected chi connectivity index (χ3v) is 6.21. The van der Waals surface area contributed by atoms with Crippen LogP contribution in [0.5, 0.6) is 0 Å². The molecule has 0 saturated heterocycles. The summed E-state index contributed by atoms with van der Waals surface area (Å²) in [7, 11) is 1.55. The minimum absolute atomic E-state index is 0.116. The zero-order valence-electron chi connectivity index (χ0n) is 18.0. The van der Waals surface area contributed by atoms with Crippen LogP contribution in [0.25, 0.3) is 11.1 Å². The zero-order valence-corrected chi connectivity index (χ0v) is 18.0. The quantitative estimate of drug-likeness (QED) is 0.556. The second-order valence-corrected chi connectivity index (χ2v) is 8.31. The largest absolute Gasteiger partial charge is 0.339 e. The van der Waals surface area contributed by atoms with Gasteiger partial charge >= 0.3 is 0 Å². The number of nitrogens with zero attached hydrogens (tertiary/aromatic N) is 3. The molecule has 0 bridgehead atoms. The van der Waals surface area contributed by atoms with Gasteiger partial charge in [0, 0.05) is 24.1 Å². The molecule has 1 atom stereocenters. The molecule has 32 heavy (non-hydrogen) atoms. The SMILES string of the molecule is CONC1=CN(C(=O)c2ccc(-c3ccccc3)cc2)C(c2noc(C3CCCC3)n2)C1. The van der Waals surface area contributed by atoms with Crippen molar-refractivity contribution in [2.24, 2.45) is 0 Å². The second kappa shape index (κ2) is 8.96. The van der Waals surface area contributed by atoms with Crippen LogP contribution in [0, 0.1) is 0 Å². The maximum Gasteiger partial charge on any atom is 0.258 e. The average molecular weight is 431 g/mol. The number of hydroxylamine groups is 1. The van der Waals surface area contributed by atoms with Crippen LogP contribution >= 0.6 is 0 Å². The first-order chi connectivity index (χ1) is 15.7. The Morgan fingerprint density at radius 2 is 1.78 bits per heavy atom. The summed E-state index contributed by atoms with van der Waals surface area (Å²) >= 11 is 0. The van der Waals surface area contributed by atoms with E-state index < -0.39 is 0 Å². The van der Waals surface area contributed by atoms with E-state index in [0.29, 0.717) is 29.6 Å². The third-order valence-electron chi connectivity index (χ3n) is 6.21. The second-order valence-electron chi connectivity index (χ2n) is 8.31. The Hall–Kier alpha value is -3.45. The number of aromatic nitrogens is 2. The van der Waals surface area contributed by atoms with Crippen molar-refractivity contribution >= 4 is 5.91 Å². The molecule has 1 aromatic heterocycles. The van der Waals surface area contributed by atoms with Crippen molar-refractivity contribution in [2.75, 3.05) is 7.11 Å². The van der Waals surface area contributed by atoms with Gasteiger partial charge in [-0.15, -0.1) is 0 Å². The molecule has 164 valence electrons. The molecule has 0 spiro atoms. The Morgan fingerprint density at radius 1 is 1.06 bits per heavy atom. The van der Waals surface area contributed by atoms with E-state index in [1.165, 1.54) is 12.8 Å².